The Morgan fingerprint density at radius 2 is 2.19 bits per heavy atom. The van der Waals surface area contributed by atoms with Crippen LogP contribution >= 0.6 is 11.6 Å². The molecule has 0 unspecified atom stereocenters. The molecular weight excluding hydrogens is 226 g/mol. The number of halogens is 1. The molecular formula is C12H12ClNO2. The third kappa shape index (κ3) is 1.92. The van der Waals surface area contributed by atoms with Crippen molar-refractivity contribution in [1.82, 2.24) is 0 Å². The molecule has 0 aliphatic carbocycles. The average molecular weight is 238 g/mol. The molecule has 0 bridgehead atoms. The van der Waals surface area contributed by atoms with Crippen LogP contribution in [-0.2, 0) is 6.54 Å². The monoisotopic (exact) mass is 237 g/mol. The summed E-state index contributed by atoms with van der Waals surface area (Å²) in [6, 6.07) is 7.46. The van der Waals surface area contributed by atoms with E-state index in [9.17, 15) is 0 Å². The van der Waals surface area contributed by atoms with E-state index in [1.54, 1.807) is 13.4 Å². The van der Waals surface area contributed by atoms with E-state index in [0.29, 0.717) is 17.3 Å². The van der Waals surface area contributed by atoms with Crippen LogP contribution in [-0.4, -0.2) is 7.11 Å². The second-order valence-electron chi connectivity index (χ2n) is 3.31. The molecule has 0 amide bonds. The highest BCUT2D eigenvalue weighted by Gasteiger charge is 2.09. The molecule has 0 atom stereocenters. The lowest BCUT2D eigenvalue weighted by Crippen LogP contribution is -1.96. The third-order valence-electron chi connectivity index (χ3n) is 2.39. The summed E-state index contributed by atoms with van der Waals surface area (Å²) in [5.41, 5.74) is 7.51. The predicted molar refractivity (Wildman–Crippen MR) is 63.6 cm³/mol. The fourth-order valence-electron chi connectivity index (χ4n) is 1.59. The molecule has 4 heteroatoms. The molecule has 0 saturated carbocycles. The molecule has 1 aromatic heterocycles. The van der Waals surface area contributed by atoms with E-state index in [4.69, 9.17) is 26.5 Å². The molecule has 0 aliphatic rings. The van der Waals surface area contributed by atoms with Crippen molar-refractivity contribution in [3.05, 3.63) is 41.3 Å². The van der Waals surface area contributed by atoms with Gasteiger partial charge in [-0.05, 0) is 23.8 Å². The number of furan rings is 1. The summed E-state index contributed by atoms with van der Waals surface area (Å²) in [7, 11) is 1.59. The Morgan fingerprint density at radius 3 is 2.81 bits per heavy atom. The van der Waals surface area contributed by atoms with Crippen LogP contribution in [0.25, 0.3) is 11.1 Å². The van der Waals surface area contributed by atoms with Gasteiger partial charge in [0.15, 0.2) is 0 Å². The standard InChI is InChI=1S/C12H12ClNO2/c1-15-11-3-2-8(6-10(11)13)9-4-5-16-12(9)7-14/h2-6H,7,14H2,1H3. The summed E-state index contributed by atoms with van der Waals surface area (Å²) in [6.45, 7) is 0.367. The maximum Gasteiger partial charge on any atom is 0.137 e. The number of ether oxygens (including phenoxy) is 1. The number of methoxy groups -OCH3 is 1. The molecule has 0 spiro atoms. The highest BCUT2D eigenvalue weighted by molar-refractivity contribution is 6.32. The smallest absolute Gasteiger partial charge is 0.137 e. The quantitative estimate of drug-likeness (QED) is 0.893. The molecule has 84 valence electrons. The largest absolute Gasteiger partial charge is 0.495 e. The molecule has 0 saturated heterocycles. The minimum Gasteiger partial charge on any atom is -0.495 e. The topological polar surface area (TPSA) is 48.4 Å². The molecule has 3 nitrogen and oxygen atoms in total. The maximum atomic E-state index is 6.06. The molecule has 16 heavy (non-hydrogen) atoms. The first-order valence-corrected chi connectivity index (χ1v) is 5.24. The van der Waals surface area contributed by atoms with Crippen molar-refractivity contribution in [3.8, 4) is 16.9 Å². The Morgan fingerprint density at radius 1 is 1.38 bits per heavy atom. The molecule has 0 aliphatic heterocycles. The molecule has 0 fully saturated rings. The average Bonchev–Trinajstić information content (AvgIpc) is 2.77. The first-order valence-electron chi connectivity index (χ1n) is 4.86. The van der Waals surface area contributed by atoms with Gasteiger partial charge >= 0.3 is 0 Å². The van der Waals surface area contributed by atoms with Gasteiger partial charge in [-0.15, -0.1) is 0 Å². The van der Waals surface area contributed by atoms with Gasteiger partial charge in [0.05, 0.1) is 24.9 Å². The highest BCUT2D eigenvalue weighted by atomic mass is 35.5. The van der Waals surface area contributed by atoms with Gasteiger partial charge < -0.3 is 14.9 Å². The molecule has 2 rings (SSSR count). The van der Waals surface area contributed by atoms with Gasteiger partial charge in [-0.1, -0.05) is 17.7 Å². The Labute approximate surface area is 98.8 Å². The zero-order valence-electron chi connectivity index (χ0n) is 8.87. The van der Waals surface area contributed by atoms with Gasteiger partial charge in [-0.3, -0.25) is 0 Å². The minimum absolute atomic E-state index is 0.367. The molecule has 1 heterocycles. The van der Waals surface area contributed by atoms with E-state index >= 15 is 0 Å². The Bertz CT molecular complexity index is 494. The molecule has 2 aromatic rings. The lowest BCUT2D eigenvalue weighted by Gasteiger charge is -2.05. The highest BCUT2D eigenvalue weighted by Crippen LogP contribution is 2.32. The van der Waals surface area contributed by atoms with Crippen molar-refractivity contribution in [2.45, 2.75) is 6.54 Å². The summed E-state index contributed by atoms with van der Waals surface area (Å²) in [5.74, 6) is 1.41. The molecule has 1 aromatic carbocycles. The lowest BCUT2D eigenvalue weighted by atomic mass is 10.1. The number of rotatable bonds is 3. The first kappa shape index (κ1) is 11.0. The summed E-state index contributed by atoms with van der Waals surface area (Å²) >= 11 is 6.06. The Kier molecular flexibility index (Phi) is 3.17. The fraction of sp³-hybridized carbons (Fsp3) is 0.167. The van der Waals surface area contributed by atoms with Crippen molar-refractivity contribution < 1.29 is 9.15 Å². The predicted octanol–water partition coefficient (Wildman–Crippen LogP) is 3.07. The van der Waals surface area contributed by atoms with Crippen LogP contribution in [0.3, 0.4) is 0 Å². The van der Waals surface area contributed by atoms with Crippen LogP contribution < -0.4 is 10.5 Å². The van der Waals surface area contributed by atoms with Crippen LogP contribution in [0.5, 0.6) is 5.75 Å². The molecule has 2 N–H and O–H groups in total. The Balaban J connectivity index is 2.45. The number of nitrogens with two attached hydrogens (primary N) is 1. The van der Waals surface area contributed by atoms with E-state index in [1.807, 2.05) is 24.3 Å². The SMILES string of the molecule is COc1ccc(-c2ccoc2CN)cc1Cl. The van der Waals surface area contributed by atoms with Gasteiger partial charge in [-0.2, -0.15) is 0 Å². The third-order valence-corrected chi connectivity index (χ3v) is 2.69. The fourth-order valence-corrected chi connectivity index (χ4v) is 1.85. The second-order valence-corrected chi connectivity index (χ2v) is 3.72. The van der Waals surface area contributed by atoms with Crippen molar-refractivity contribution in [3.63, 3.8) is 0 Å². The van der Waals surface area contributed by atoms with Crippen molar-refractivity contribution >= 4 is 11.6 Å². The number of benzene rings is 1. The van der Waals surface area contributed by atoms with Gasteiger partial charge in [0, 0.05) is 5.56 Å². The van der Waals surface area contributed by atoms with Gasteiger partial charge in [-0.25, -0.2) is 0 Å². The van der Waals surface area contributed by atoms with Crippen LogP contribution in [0, 0.1) is 0 Å². The summed E-state index contributed by atoms with van der Waals surface area (Å²) in [4.78, 5) is 0. The second kappa shape index (κ2) is 4.60. The Hall–Kier alpha value is -1.45. The van der Waals surface area contributed by atoms with E-state index in [1.165, 1.54) is 0 Å². The van der Waals surface area contributed by atoms with Crippen molar-refractivity contribution in [1.29, 1.82) is 0 Å². The van der Waals surface area contributed by atoms with Gasteiger partial charge in [0.25, 0.3) is 0 Å². The van der Waals surface area contributed by atoms with Crippen LogP contribution in [0.1, 0.15) is 5.76 Å². The summed E-state index contributed by atoms with van der Waals surface area (Å²) < 4.78 is 10.4. The van der Waals surface area contributed by atoms with Gasteiger partial charge in [0.1, 0.15) is 11.5 Å². The van der Waals surface area contributed by atoms with E-state index in [2.05, 4.69) is 0 Å². The zero-order valence-corrected chi connectivity index (χ0v) is 9.62. The van der Waals surface area contributed by atoms with Crippen molar-refractivity contribution in [2.24, 2.45) is 5.73 Å². The minimum atomic E-state index is 0.367. The first-order chi connectivity index (χ1) is 7.76. The van der Waals surface area contributed by atoms with Gasteiger partial charge in [0.2, 0.25) is 0 Å². The summed E-state index contributed by atoms with van der Waals surface area (Å²) in [5, 5.41) is 0.573. The van der Waals surface area contributed by atoms with Crippen molar-refractivity contribution in [2.75, 3.05) is 7.11 Å². The lowest BCUT2D eigenvalue weighted by molar-refractivity contribution is 0.415. The maximum absolute atomic E-state index is 6.06. The number of hydrogen-bond acceptors (Lipinski definition) is 3. The van der Waals surface area contributed by atoms with E-state index in [-0.39, 0.29) is 0 Å². The summed E-state index contributed by atoms with van der Waals surface area (Å²) in [6.07, 6.45) is 1.62. The van der Waals surface area contributed by atoms with Crippen LogP contribution in [0.4, 0.5) is 0 Å². The molecule has 0 radical (unpaired) electrons. The normalized spacial score (nSPS) is 10.4. The zero-order chi connectivity index (χ0) is 11.5. The van der Waals surface area contributed by atoms with Crippen LogP contribution in [0.15, 0.2) is 34.9 Å². The number of hydrogen-bond donors (Lipinski definition) is 1. The van der Waals surface area contributed by atoms with E-state index < -0.39 is 0 Å². The van der Waals surface area contributed by atoms with E-state index in [0.717, 1.165) is 16.9 Å². The van der Waals surface area contributed by atoms with Crippen LogP contribution in [0.2, 0.25) is 5.02 Å².